The third-order valence-corrected chi connectivity index (χ3v) is 6.54. The summed E-state index contributed by atoms with van der Waals surface area (Å²) in [4.78, 5) is 15.6. The number of hydrogen-bond donors (Lipinski definition) is 2. The summed E-state index contributed by atoms with van der Waals surface area (Å²) in [5.41, 5.74) is 2.35. The van der Waals surface area contributed by atoms with Crippen molar-refractivity contribution in [3.63, 3.8) is 0 Å². The Hall–Kier alpha value is -3.95. The number of aromatic nitrogens is 1. The lowest BCUT2D eigenvalue weighted by Crippen LogP contribution is -2.24. The third kappa shape index (κ3) is 7.53. The Bertz CT molecular complexity index is 1230. The zero-order valence-corrected chi connectivity index (χ0v) is 20.8. The van der Waals surface area contributed by atoms with Crippen LogP contribution >= 0.6 is 0 Å². The molecule has 10 heteroatoms. The molecule has 2 N–H and O–H groups in total. The van der Waals surface area contributed by atoms with E-state index in [9.17, 15) is 18.0 Å². The van der Waals surface area contributed by atoms with E-state index in [0.29, 0.717) is 48.2 Å². The number of carbonyl (C=O) groups is 1. The summed E-state index contributed by atoms with van der Waals surface area (Å²) in [6.45, 7) is 0.786. The van der Waals surface area contributed by atoms with Crippen molar-refractivity contribution in [2.75, 3.05) is 19.0 Å². The predicted molar refractivity (Wildman–Crippen MR) is 135 cm³/mol. The minimum Gasteiger partial charge on any atom is -0.493 e. The highest BCUT2D eigenvalue weighted by atomic mass is 19.4. The highest BCUT2D eigenvalue weighted by molar-refractivity contribution is 5.70. The third-order valence-electron chi connectivity index (χ3n) is 6.54. The van der Waals surface area contributed by atoms with Gasteiger partial charge < -0.3 is 24.6 Å². The molecule has 4 rings (SSSR count). The van der Waals surface area contributed by atoms with Gasteiger partial charge in [0.15, 0.2) is 11.5 Å². The molecule has 7 nitrogen and oxygen atoms in total. The van der Waals surface area contributed by atoms with Gasteiger partial charge in [0.05, 0.1) is 19.6 Å². The molecule has 0 spiro atoms. The first-order chi connectivity index (χ1) is 18.2. The number of carboxylic acid groups (broad SMARTS) is 1. The number of carboxylic acids is 1. The molecule has 0 amide bonds. The first-order valence-electron chi connectivity index (χ1n) is 12.3. The quantitative estimate of drug-likeness (QED) is 0.308. The number of benzene rings is 2. The highest BCUT2D eigenvalue weighted by Crippen LogP contribution is 2.35. The molecular weight excluding hydrogens is 501 g/mol. The largest absolute Gasteiger partial charge is 0.573 e. The van der Waals surface area contributed by atoms with Crippen LogP contribution in [0.3, 0.4) is 0 Å². The molecule has 1 aromatic heterocycles. The number of aliphatic carboxylic acids is 1. The number of hydrogen-bond acceptors (Lipinski definition) is 6. The fourth-order valence-electron chi connectivity index (χ4n) is 4.46. The van der Waals surface area contributed by atoms with Crippen molar-refractivity contribution < 1.29 is 37.3 Å². The maximum atomic E-state index is 12.4. The van der Waals surface area contributed by atoms with E-state index in [2.05, 4.69) is 15.0 Å². The summed E-state index contributed by atoms with van der Waals surface area (Å²) in [6.07, 6.45) is -0.0280. The van der Waals surface area contributed by atoms with Gasteiger partial charge in [0.1, 0.15) is 11.6 Å². The lowest BCUT2D eigenvalue weighted by Gasteiger charge is -2.26. The van der Waals surface area contributed by atoms with Crippen molar-refractivity contribution in [1.82, 2.24) is 4.98 Å². The maximum Gasteiger partial charge on any atom is 0.573 e. The van der Waals surface area contributed by atoms with E-state index < -0.39 is 12.3 Å². The molecule has 0 aliphatic heterocycles. The van der Waals surface area contributed by atoms with Gasteiger partial charge in [0.25, 0.3) is 0 Å². The average Bonchev–Trinajstić information content (AvgIpc) is 2.90. The molecule has 0 saturated heterocycles. The van der Waals surface area contributed by atoms with Gasteiger partial charge in [-0.2, -0.15) is 0 Å². The van der Waals surface area contributed by atoms with Crippen LogP contribution in [-0.4, -0.2) is 36.1 Å². The molecule has 1 aliphatic rings. The average molecular weight is 531 g/mol. The van der Waals surface area contributed by atoms with Gasteiger partial charge in [-0.05, 0) is 79.1 Å². The number of halogens is 3. The van der Waals surface area contributed by atoms with Crippen molar-refractivity contribution >= 4 is 11.8 Å². The molecular formula is C28H29F3N2O5. The Morgan fingerprint density at radius 1 is 1.03 bits per heavy atom. The molecule has 38 heavy (non-hydrogen) atoms. The summed E-state index contributed by atoms with van der Waals surface area (Å²) in [7, 11) is 1.57. The van der Waals surface area contributed by atoms with Gasteiger partial charge in [-0.15, -0.1) is 13.2 Å². The summed E-state index contributed by atoms with van der Waals surface area (Å²) in [5, 5.41) is 12.3. The Morgan fingerprint density at radius 3 is 2.45 bits per heavy atom. The number of pyridine rings is 1. The van der Waals surface area contributed by atoms with Crippen molar-refractivity contribution in [3.05, 3.63) is 66.4 Å². The minimum absolute atomic E-state index is 0.251. The molecule has 1 saturated carbocycles. The number of methoxy groups -OCH3 is 1. The van der Waals surface area contributed by atoms with E-state index in [-0.39, 0.29) is 18.2 Å². The molecule has 3 aromatic rings. The second-order valence-corrected chi connectivity index (χ2v) is 9.21. The van der Waals surface area contributed by atoms with Crippen LogP contribution in [-0.2, 0) is 11.3 Å². The molecule has 202 valence electrons. The van der Waals surface area contributed by atoms with Crippen LogP contribution in [0.4, 0.5) is 19.0 Å². The Balaban J connectivity index is 1.33. The summed E-state index contributed by atoms with van der Waals surface area (Å²) >= 11 is 0. The van der Waals surface area contributed by atoms with Crippen LogP contribution in [0, 0.1) is 11.8 Å². The summed E-state index contributed by atoms with van der Waals surface area (Å²) in [6, 6.07) is 15.1. The maximum absolute atomic E-state index is 12.4. The zero-order valence-electron chi connectivity index (χ0n) is 20.8. The highest BCUT2D eigenvalue weighted by Gasteiger charge is 2.31. The van der Waals surface area contributed by atoms with E-state index in [1.807, 2.05) is 24.3 Å². The number of rotatable bonds is 10. The van der Waals surface area contributed by atoms with Crippen LogP contribution in [0.1, 0.15) is 31.2 Å². The predicted octanol–water partition coefficient (Wildman–Crippen LogP) is 6.54. The number of ether oxygens (including phenoxy) is 3. The molecule has 0 atom stereocenters. The molecule has 0 radical (unpaired) electrons. The zero-order chi connectivity index (χ0) is 27.1. The van der Waals surface area contributed by atoms with Gasteiger partial charge in [0, 0.05) is 18.3 Å². The Labute approximate surface area is 218 Å². The minimum atomic E-state index is -4.74. The van der Waals surface area contributed by atoms with Crippen molar-refractivity contribution in [3.8, 4) is 28.4 Å². The number of anilines is 1. The number of nitrogens with one attached hydrogen (secondary N) is 1. The lowest BCUT2D eigenvalue weighted by molar-refractivity contribution is -0.274. The fourth-order valence-corrected chi connectivity index (χ4v) is 4.46. The van der Waals surface area contributed by atoms with E-state index in [1.54, 1.807) is 25.4 Å². The van der Waals surface area contributed by atoms with E-state index in [0.717, 1.165) is 24.0 Å². The molecule has 0 unspecified atom stereocenters. The fraction of sp³-hybridized carbons (Fsp3) is 0.357. The van der Waals surface area contributed by atoms with Crippen LogP contribution in [0.25, 0.3) is 11.1 Å². The van der Waals surface area contributed by atoms with Crippen LogP contribution < -0.4 is 19.5 Å². The second-order valence-electron chi connectivity index (χ2n) is 9.21. The topological polar surface area (TPSA) is 89.9 Å². The van der Waals surface area contributed by atoms with E-state index in [4.69, 9.17) is 14.6 Å². The molecule has 0 bridgehead atoms. The summed E-state index contributed by atoms with van der Waals surface area (Å²) in [5.74, 6) is 0.861. The number of nitrogens with zero attached hydrogens (tertiary/aromatic N) is 1. The molecule has 2 aromatic carbocycles. The SMILES string of the molecule is COc1cc(-c2ccc(NCc3cccc(OC(F)(F)F)c3)nc2)ccc1OC[C@H]1CC[C@H](C(=O)O)CC1. The monoisotopic (exact) mass is 530 g/mol. The lowest BCUT2D eigenvalue weighted by atomic mass is 9.82. The van der Waals surface area contributed by atoms with Gasteiger partial charge in [-0.25, -0.2) is 4.98 Å². The first-order valence-corrected chi connectivity index (χ1v) is 12.3. The summed E-state index contributed by atoms with van der Waals surface area (Å²) < 4.78 is 52.8. The first kappa shape index (κ1) is 27.1. The van der Waals surface area contributed by atoms with Gasteiger partial charge >= 0.3 is 12.3 Å². The van der Waals surface area contributed by atoms with Crippen LogP contribution in [0.5, 0.6) is 17.2 Å². The molecule has 1 fully saturated rings. The van der Waals surface area contributed by atoms with Crippen LogP contribution in [0.2, 0.25) is 0 Å². The smallest absolute Gasteiger partial charge is 0.493 e. The van der Waals surface area contributed by atoms with E-state index in [1.165, 1.54) is 18.2 Å². The second kappa shape index (κ2) is 12.1. The Morgan fingerprint density at radius 2 is 1.79 bits per heavy atom. The Kier molecular flexibility index (Phi) is 8.60. The van der Waals surface area contributed by atoms with Gasteiger partial charge in [0.2, 0.25) is 0 Å². The molecule has 1 heterocycles. The van der Waals surface area contributed by atoms with Crippen molar-refractivity contribution in [2.45, 2.75) is 38.6 Å². The van der Waals surface area contributed by atoms with Crippen LogP contribution in [0.15, 0.2) is 60.8 Å². The van der Waals surface area contributed by atoms with Gasteiger partial charge in [-0.3, -0.25) is 4.79 Å². The van der Waals surface area contributed by atoms with Crippen molar-refractivity contribution in [1.29, 1.82) is 0 Å². The van der Waals surface area contributed by atoms with E-state index >= 15 is 0 Å². The van der Waals surface area contributed by atoms with Crippen molar-refractivity contribution in [2.24, 2.45) is 11.8 Å². The standard InChI is InChI=1S/C28H29F3N2O5/c1-36-25-14-21(9-11-24(25)37-17-18-5-7-20(8-6-18)27(34)35)22-10-12-26(33-16-22)32-15-19-3-2-4-23(13-19)38-28(29,30)31/h2-4,9-14,16,18,20H,5-8,15,17H2,1H3,(H,32,33)(H,34,35)/t18-,20-. The normalized spacial score (nSPS) is 17.5. The van der Waals surface area contributed by atoms with Gasteiger partial charge in [-0.1, -0.05) is 18.2 Å². The number of alkyl halides is 3. The molecule has 1 aliphatic carbocycles.